The lowest BCUT2D eigenvalue weighted by Crippen LogP contribution is -2.09. The molecular formula is C6H12NO. The number of nitrogens with two attached hydrogens (primary N) is 1. The molecule has 1 radical (unpaired) electrons. The molecule has 1 amide bonds. The van der Waals surface area contributed by atoms with Crippen molar-refractivity contribution < 1.29 is 4.79 Å². The molecule has 2 heteroatoms. The second kappa shape index (κ2) is 4.62. The Kier molecular flexibility index (Phi) is 4.32. The van der Waals surface area contributed by atoms with Crippen LogP contribution in [0.3, 0.4) is 0 Å². The maximum absolute atomic E-state index is 10.1. The van der Waals surface area contributed by atoms with Crippen molar-refractivity contribution >= 4 is 5.91 Å². The van der Waals surface area contributed by atoms with Crippen LogP contribution in [0, 0.1) is 6.42 Å². The van der Waals surface area contributed by atoms with Gasteiger partial charge in [0.25, 0.3) is 0 Å². The normalized spacial score (nSPS) is 9.12. The third kappa shape index (κ3) is 5.47. The van der Waals surface area contributed by atoms with Gasteiger partial charge in [0.05, 0.1) is 0 Å². The summed E-state index contributed by atoms with van der Waals surface area (Å²) in [6, 6.07) is 0. The van der Waals surface area contributed by atoms with Crippen LogP contribution in [0.4, 0.5) is 0 Å². The van der Waals surface area contributed by atoms with E-state index in [1.54, 1.807) is 0 Å². The molecular weight excluding hydrogens is 102 g/mol. The molecule has 8 heavy (non-hydrogen) atoms. The highest BCUT2D eigenvalue weighted by molar-refractivity contribution is 5.73. The van der Waals surface area contributed by atoms with E-state index in [-0.39, 0.29) is 5.91 Å². The van der Waals surface area contributed by atoms with Gasteiger partial charge >= 0.3 is 0 Å². The fraction of sp³-hybridized carbons (Fsp3) is 0.667. The molecule has 2 nitrogen and oxygen atoms in total. The average molecular weight is 114 g/mol. The molecule has 0 aliphatic heterocycles. The van der Waals surface area contributed by atoms with E-state index < -0.39 is 0 Å². The number of primary amides is 1. The van der Waals surface area contributed by atoms with Crippen molar-refractivity contribution in [1.82, 2.24) is 0 Å². The van der Waals surface area contributed by atoms with Crippen LogP contribution in [-0.2, 0) is 4.79 Å². The molecule has 0 aliphatic carbocycles. The Bertz CT molecular complexity index is 70.9. The molecule has 0 spiro atoms. The molecule has 47 valence electrons. The van der Waals surface area contributed by atoms with Gasteiger partial charge in [0.1, 0.15) is 0 Å². The van der Waals surface area contributed by atoms with Gasteiger partial charge in [-0.1, -0.05) is 6.92 Å². The number of carbonyl (C=O) groups excluding carboxylic acids is 1. The van der Waals surface area contributed by atoms with Gasteiger partial charge in [-0.3, -0.25) is 4.79 Å². The Balaban J connectivity index is 2.82. The summed E-state index contributed by atoms with van der Waals surface area (Å²) in [5, 5.41) is 0. The van der Waals surface area contributed by atoms with E-state index in [1.165, 1.54) is 0 Å². The number of rotatable bonds is 4. The molecule has 0 heterocycles. The van der Waals surface area contributed by atoms with Crippen molar-refractivity contribution in [1.29, 1.82) is 0 Å². The van der Waals surface area contributed by atoms with Gasteiger partial charge in [-0.15, -0.1) is 0 Å². The van der Waals surface area contributed by atoms with Crippen LogP contribution in [0.1, 0.15) is 26.2 Å². The molecule has 0 saturated heterocycles. The zero-order valence-electron chi connectivity index (χ0n) is 5.18. The van der Waals surface area contributed by atoms with Gasteiger partial charge < -0.3 is 5.73 Å². The Morgan fingerprint density at radius 1 is 1.75 bits per heavy atom. The van der Waals surface area contributed by atoms with E-state index in [4.69, 9.17) is 5.73 Å². The van der Waals surface area contributed by atoms with Crippen LogP contribution < -0.4 is 5.73 Å². The predicted octanol–water partition coefficient (Wildman–Crippen LogP) is 0.866. The monoisotopic (exact) mass is 114 g/mol. The second-order valence-electron chi connectivity index (χ2n) is 1.77. The number of unbranched alkanes of at least 4 members (excludes halogenated alkanes) is 2. The summed E-state index contributed by atoms with van der Waals surface area (Å²) in [5.41, 5.74) is 4.88. The fourth-order valence-corrected chi connectivity index (χ4v) is 0.480. The average Bonchev–Trinajstić information content (AvgIpc) is 1.66. The van der Waals surface area contributed by atoms with E-state index in [9.17, 15) is 4.79 Å². The molecule has 0 saturated carbocycles. The molecule has 0 aromatic heterocycles. The first-order chi connectivity index (χ1) is 3.77. The van der Waals surface area contributed by atoms with E-state index in [0.29, 0.717) is 6.42 Å². The lowest BCUT2D eigenvalue weighted by atomic mass is 10.2. The smallest absolute Gasteiger partial charge is 0.217 e. The number of carbonyl (C=O) groups is 1. The Labute approximate surface area is 50.1 Å². The Morgan fingerprint density at radius 2 is 2.38 bits per heavy atom. The fourth-order valence-electron chi connectivity index (χ4n) is 0.480. The highest BCUT2D eigenvalue weighted by Gasteiger charge is 1.90. The maximum Gasteiger partial charge on any atom is 0.217 e. The van der Waals surface area contributed by atoms with Crippen LogP contribution >= 0.6 is 0 Å². The third-order valence-electron chi connectivity index (χ3n) is 0.916. The molecule has 0 aromatic carbocycles. The first-order valence-corrected chi connectivity index (χ1v) is 2.83. The predicted molar refractivity (Wildman–Crippen MR) is 33.0 cm³/mol. The standard InChI is InChI=1S/C6H12NO/c1-2-3-4-5-6(7)8/h2H,3-5H2,1H3,(H2,7,8). The third-order valence-corrected chi connectivity index (χ3v) is 0.916. The highest BCUT2D eigenvalue weighted by atomic mass is 16.1. The summed E-state index contributed by atoms with van der Waals surface area (Å²) in [6.07, 6.45) is 4.43. The highest BCUT2D eigenvalue weighted by Crippen LogP contribution is 1.95. The van der Waals surface area contributed by atoms with Gasteiger partial charge in [0.2, 0.25) is 5.91 Å². The molecule has 2 N–H and O–H groups in total. The van der Waals surface area contributed by atoms with Crippen LogP contribution in [0.25, 0.3) is 0 Å². The topological polar surface area (TPSA) is 43.1 Å². The van der Waals surface area contributed by atoms with Crippen molar-refractivity contribution in [2.75, 3.05) is 0 Å². The van der Waals surface area contributed by atoms with Crippen molar-refractivity contribution in [3.8, 4) is 0 Å². The lowest BCUT2D eigenvalue weighted by Gasteiger charge is -1.90. The minimum atomic E-state index is -0.202. The van der Waals surface area contributed by atoms with E-state index in [0.717, 1.165) is 12.8 Å². The summed E-state index contributed by atoms with van der Waals surface area (Å²) < 4.78 is 0. The largest absolute Gasteiger partial charge is 0.370 e. The summed E-state index contributed by atoms with van der Waals surface area (Å²) in [5.74, 6) is -0.202. The van der Waals surface area contributed by atoms with Gasteiger partial charge in [-0.05, 0) is 19.3 Å². The maximum atomic E-state index is 10.1. The summed E-state index contributed by atoms with van der Waals surface area (Å²) in [6.45, 7) is 1.97. The molecule has 0 fully saturated rings. The summed E-state index contributed by atoms with van der Waals surface area (Å²) in [7, 11) is 0. The molecule has 0 aliphatic rings. The first kappa shape index (κ1) is 7.47. The Morgan fingerprint density at radius 3 is 2.75 bits per heavy atom. The van der Waals surface area contributed by atoms with Gasteiger partial charge in [0.15, 0.2) is 0 Å². The minimum absolute atomic E-state index is 0.202. The van der Waals surface area contributed by atoms with Crippen molar-refractivity contribution in [3.05, 3.63) is 6.42 Å². The van der Waals surface area contributed by atoms with Gasteiger partial charge in [0, 0.05) is 6.42 Å². The lowest BCUT2D eigenvalue weighted by molar-refractivity contribution is -0.118. The van der Waals surface area contributed by atoms with Crippen LogP contribution in [-0.4, -0.2) is 5.91 Å². The van der Waals surface area contributed by atoms with Crippen LogP contribution in [0.2, 0.25) is 0 Å². The van der Waals surface area contributed by atoms with E-state index in [1.807, 2.05) is 13.3 Å². The van der Waals surface area contributed by atoms with Crippen molar-refractivity contribution in [2.24, 2.45) is 5.73 Å². The van der Waals surface area contributed by atoms with E-state index in [2.05, 4.69) is 0 Å². The molecule has 0 unspecified atom stereocenters. The SMILES string of the molecule is C[CH]CCCC(N)=O. The van der Waals surface area contributed by atoms with Crippen molar-refractivity contribution in [2.45, 2.75) is 26.2 Å². The van der Waals surface area contributed by atoms with Crippen LogP contribution in [0.5, 0.6) is 0 Å². The zero-order chi connectivity index (χ0) is 6.41. The zero-order valence-corrected chi connectivity index (χ0v) is 5.18. The summed E-state index contributed by atoms with van der Waals surface area (Å²) in [4.78, 5) is 10.1. The molecule has 0 aromatic rings. The number of amides is 1. The van der Waals surface area contributed by atoms with Crippen molar-refractivity contribution in [3.63, 3.8) is 0 Å². The van der Waals surface area contributed by atoms with E-state index >= 15 is 0 Å². The number of hydrogen-bond donors (Lipinski definition) is 1. The first-order valence-electron chi connectivity index (χ1n) is 2.83. The molecule has 0 rings (SSSR count). The molecule has 0 bridgehead atoms. The van der Waals surface area contributed by atoms with Gasteiger partial charge in [-0.2, -0.15) is 0 Å². The minimum Gasteiger partial charge on any atom is -0.370 e. The summed E-state index contributed by atoms with van der Waals surface area (Å²) >= 11 is 0. The second-order valence-corrected chi connectivity index (χ2v) is 1.77. The quantitative estimate of drug-likeness (QED) is 0.541. The number of hydrogen-bond acceptors (Lipinski definition) is 1. The molecule has 0 atom stereocenters. The van der Waals surface area contributed by atoms with Crippen LogP contribution in [0.15, 0.2) is 0 Å². The Hall–Kier alpha value is -0.530. The van der Waals surface area contributed by atoms with Gasteiger partial charge in [-0.25, -0.2) is 0 Å².